The average molecular weight is 497 g/mol. The van der Waals surface area contributed by atoms with E-state index >= 15 is 0 Å². The first-order valence-corrected chi connectivity index (χ1v) is 12.8. The second-order valence-corrected chi connectivity index (χ2v) is 9.87. The van der Waals surface area contributed by atoms with Gasteiger partial charge < -0.3 is 4.74 Å². The van der Waals surface area contributed by atoms with E-state index in [-0.39, 0.29) is 6.10 Å². The summed E-state index contributed by atoms with van der Waals surface area (Å²) in [7, 11) is 0. The molecule has 1 unspecified atom stereocenters. The summed E-state index contributed by atoms with van der Waals surface area (Å²) in [4.78, 5) is 4.83. The lowest BCUT2D eigenvalue weighted by atomic mass is 10.1. The summed E-state index contributed by atoms with van der Waals surface area (Å²) in [6.07, 6.45) is 1.56. The van der Waals surface area contributed by atoms with Crippen molar-refractivity contribution in [2.45, 2.75) is 44.3 Å². The molecular weight excluding hydrogens is 472 g/mol. The second kappa shape index (κ2) is 10.5. The van der Waals surface area contributed by atoms with Crippen LogP contribution in [-0.2, 0) is 12.3 Å². The normalized spacial score (nSPS) is 12.0. The van der Waals surface area contributed by atoms with Gasteiger partial charge in [0.2, 0.25) is 0 Å². The van der Waals surface area contributed by atoms with Gasteiger partial charge in [-0.05, 0) is 50.1 Å². The van der Waals surface area contributed by atoms with Crippen LogP contribution in [0.1, 0.15) is 35.7 Å². The Labute approximate surface area is 207 Å². The van der Waals surface area contributed by atoms with Crippen LogP contribution < -0.4 is 4.74 Å². The van der Waals surface area contributed by atoms with Crippen molar-refractivity contribution >= 4 is 34.7 Å². The number of nitrogens with zero attached hydrogens (tertiary/aromatic N) is 4. The number of thiazole rings is 1. The van der Waals surface area contributed by atoms with Gasteiger partial charge in [0.15, 0.2) is 17.1 Å². The van der Waals surface area contributed by atoms with Crippen LogP contribution in [0.25, 0.3) is 10.6 Å². The molecule has 0 aliphatic heterocycles. The van der Waals surface area contributed by atoms with Crippen LogP contribution in [0, 0.1) is 13.8 Å². The number of halogens is 1. The molecule has 0 amide bonds. The molecule has 2 heterocycles. The summed E-state index contributed by atoms with van der Waals surface area (Å²) in [5, 5.41) is 13.5. The Bertz CT molecular complexity index is 1270. The molecule has 0 radical (unpaired) electrons. The van der Waals surface area contributed by atoms with Crippen LogP contribution in [0.2, 0.25) is 5.02 Å². The Hall–Kier alpha value is -2.61. The predicted molar refractivity (Wildman–Crippen MR) is 137 cm³/mol. The zero-order valence-corrected chi connectivity index (χ0v) is 21.2. The molecule has 2 aromatic carbocycles. The van der Waals surface area contributed by atoms with Crippen molar-refractivity contribution in [3.05, 3.63) is 88.2 Å². The summed E-state index contributed by atoms with van der Waals surface area (Å²) >= 11 is 9.41. The van der Waals surface area contributed by atoms with Gasteiger partial charge in [-0.15, -0.1) is 28.1 Å². The number of hydrogen-bond donors (Lipinski definition) is 0. The monoisotopic (exact) mass is 496 g/mol. The van der Waals surface area contributed by atoms with Gasteiger partial charge in [0.05, 0.1) is 5.69 Å². The van der Waals surface area contributed by atoms with E-state index in [0.29, 0.717) is 12.3 Å². The number of thioether (sulfide) groups is 1. The van der Waals surface area contributed by atoms with E-state index < -0.39 is 0 Å². The lowest BCUT2D eigenvalue weighted by Gasteiger charge is -2.16. The molecule has 2 aromatic heterocycles. The van der Waals surface area contributed by atoms with Crippen LogP contribution in [0.15, 0.2) is 65.7 Å². The number of benzene rings is 2. The fourth-order valence-corrected chi connectivity index (χ4v) is 5.38. The number of ether oxygens (including phenoxy) is 1. The summed E-state index contributed by atoms with van der Waals surface area (Å²) in [6, 6.07) is 14.0. The first kappa shape index (κ1) is 23.5. The Morgan fingerprint density at radius 2 is 2.00 bits per heavy atom. The van der Waals surface area contributed by atoms with E-state index in [9.17, 15) is 0 Å². The van der Waals surface area contributed by atoms with Crippen molar-refractivity contribution in [3.63, 3.8) is 0 Å². The third-order valence-electron chi connectivity index (χ3n) is 5.14. The molecule has 33 heavy (non-hydrogen) atoms. The van der Waals surface area contributed by atoms with Gasteiger partial charge in [-0.2, -0.15) is 0 Å². The molecule has 0 saturated carbocycles. The molecule has 8 heteroatoms. The summed E-state index contributed by atoms with van der Waals surface area (Å²) in [5.74, 6) is 2.21. The van der Waals surface area contributed by atoms with Crippen molar-refractivity contribution in [3.8, 4) is 16.3 Å². The minimum atomic E-state index is -0.278. The van der Waals surface area contributed by atoms with Gasteiger partial charge in [-0.1, -0.05) is 53.7 Å². The molecule has 0 aliphatic carbocycles. The fraction of sp³-hybridized carbons (Fsp3) is 0.240. The molecule has 5 nitrogen and oxygen atoms in total. The highest BCUT2D eigenvalue weighted by atomic mass is 35.5. The van der Waals surface area contributed by atoms with E-state index in [2.05, 4.69) is 41.2 Å². The quantitative estimate of drug-likeness (QED) is 0.180. The molecule has 0 aliphatic rings. The predicted octanol–water partition coefficient (Wildman–Crippen LogP) is 7.29. The third kappa shape index (κ3) is 5.49. The smallest absolute Gasteiger partial charge is 0.192 e. The molecule has 0 saturated heterocycles. The first-order valence-electron chi connectivity index (χ1n) is 10.6. The van der Waals surface area contributed by atoms with Crippen LogP contribution in [0.4, 0.5) is 0 Å². The van der Waals surface area contributed by atoms with Crippen LogP contribution in [-0.4, -0.2) is 19.7 Å². The van der Waals surface area contributed by atoms with Crippen molar-refractivity contribution in [2.24, 2.45) is 0 Å². The highest BCUT2D eigenvalue weighted by Crippen LogP contribution is 2.31. The van der Waals surface area contributed by atoms with E-state index in [1.807, 2.05) is 54.8 Å². The number of rotatable bonds is 9. The largest absolute Gasteiger partial charge is 0.483 e. The molecule has 1 atom stereocenters. The molecule has 4 rings (SSSR count). The number of allylic oxidation sites excluding steroid dienone is 1. The maximum absolute atomic E-state index is 6.13. The van der Waals surface area contributed by atoms with Crippen LogP contribution >= 0.6 is 34.7 Å². The Morgan fingerprint density at radius 3 is 2.76 bits per heavy atom. The first-order chi connectivity index (χ1) is 16.0. The molecule has 0 bridgehead atoms. The van der Waals surface area contributed by atoms with Gasteiger partial charge in [0.25, 0.3) is 0 Å². The molecule has 0 fully saturated rings. The van der Waals surface area contributed by atoms with Crippen molar-refractivity contribution in [2.75, 3.05) is 0 Å². The number of hydrogen-bond acceptors (Lipinski definition) is 6. The Morgan fingerprint density at radius 1 is 1.18 bits per heavy atom. The fourth-order valence-electron chi connectivity index (χ4n) is 3.40. The van der Waals surface area contributed by atoms with Gasteiger partial charge in [-0.25, -0.2) is 4.98 Å². The van der Waals surface area contributed by atoms with E-state index in [0.717, 1.165) is 38.0 Å². The Kier molecular flexibility index (Phi) is 7.53. The lowest BCUT2D eigenvalue weighted by Crippen LogP contribution is -2.12. The number of aromatic nitrogens is 4. The van der Waals surface area contributed by atoms with Crippen LogP contribution in [0.5, 0.6) is 5.75 Å². The van der Waals surface area contributed by atoms with Gasteiger partial charge in [0, 0.05) is 28.3 Å². The van der Waals surface area contributed by atoms with Gasteiger partial charge in [-0.3, -0.25) is 4.57 Å². The van der Waals surface area contributed by atoms with Gasteiger partial charge in [0.1, 0.15) is 10.8 Å². The van der Waals surface area contributed by atoms with Crippen molar-refractivity contribution in [1.29, 1.82) is 0 Å². The average Bonchev–Trinajstić information content (AvgIpc) is 3.43. The summed E-state index contributed by atoms with van der Waals surface area (Å²) in [6.45, 7) is 10.5. The third-order valence-corrected chi connectivity index (χ3v) is 7.49. The molecule has 0 N–H and O–H groups in total. The van der Waals surface area contributed by atoms with Gasteiger partial charge >= 0.3 is 0 Å². The topological polar surface area (TPSA) is 52.8 Å². The minimum absolute atomic E-state index is 0.278. The van der Waals surface area contributed by atoms with Crippen molar-refractivity contribution in [1.82, 2.24) is 19.7 Å². The van der Waals surface area contributed by atoms with Crippen LogP contribution in [0.3, 0.4) is 0 Å². The Balaban J connectivity index is 1.48. The van der Waals surface area contributed by atoms with E-state index in [1.165, 1.54) is 11.1 Å². The lowest BCUT2D eigenvalue weighted by molar-refractivity contribution is 0.210. The highest BCUT2D eigenvalue weighted by Gasteiger charge is 2.20. The summed E-state index contributed by atoms with van der Waals surface area (Å²) in [5.41, 5.74) is 4.41. The van der Waals surface area contributed by atoms with E-state index in [4.69, 9.17) is 21.3 Å². The van der Waals surface area contributed by atoms with Crippen molar-refractivity contribution < 1.29 is 4.74 Å². The number of aryl methyl sites for hydroxylation is 2. The van der Waals surface area contributed by atoms with E-state index in [1.54, 1.807) is 23.1 Å². The summed E-state index contributed by atoms with van der Waals surface area (Å²) < 4.78 is 8.17. The second-order valence-electron chi connectivity index (χ2n) is 7.66. The zero-order valence-electron chi connectivity index (χ0n) is 18.8. The molecular formula is C25H25ClN4OS2. The minimum Gasteiger partial charge on any atom is -0.483 e. The molecule has 170 valence electrons. The zero-order chi connectivity index (χ0) is 23.4. The molecule has 4 aromatic rings. The standard InChI is InChI=1S/C25H25ClN4OS2/c1-5-12-30-23(18(4)31-20-10-11-22(26)17(3)13-20)28-29-25(30)33-15-19-14-32-24(27-19)21-9-7-6-8-16(21)2/h5-11,13-14,18H,1,12,15H2,2-4H3. The highest BCUT2D eigenvalue weighted by molar-refractivity contribution is 7.98. The maximum Gasteiger partial charge on any atom is 0.192 e. The SMILES string of the molecule is C=CCn1c(SCc2csc(-c3ccccc3C)n2)nnc1C(C)Oc1ccc(Cl)c(C)c1. The molecule has 0 spiro atoms. The maximum atomic E-state index is 6.13.